The zero-order chi connectivity index (χ0) is 22.5. The van der Waals surface area contributed by atoms with Gasteiger partial charge in [-0.05, 0) is 124 Å². The first-order chi connectivity index (χ1) is 15.8. The van der Waals surface area contributed by atoms with Gasteiger partial charge in [-0.15, -0.1) is 0 Å². The van der Waals surface area contributed by atoms with Crippen molar-refractivity contribution in [3.8, 4) is 0 Å². The quantitative estimate of drug-likeness (QED) is 0.632. The van der Waals surface area contributed by atoms with Crippen molar-refractivity contribution < 1.29 is 9.59 Å². The van der Waals surface area contributed by atoms with E-state index in [1.54, 1.807) is 6.08 Å². The van der Waals surface area contributed by atoms with Crippen LogP contribution >= 0.6 is 0 Å². The van der Waals surface area contributed by atoms with Gasteiger partial charge in [0.05, 0.1) is 0 Å². The Morgan fingerprint density at radius 3 is 2.39 bits per heavy atom. The zero-order valence-electron chi connectivity index (χ0n) is 20.5. The van der Waals surface area contributed by atoms with Crippen LogP contribution in [-0.4, -0.2) is 23.9 Å². The summed E-state index contributed by atoms with van der Waals surface area (Å²) in [6.07, 6.45) is 17.9. The summed E-state index contributed by atoms with van der Waals surface area (Å²) in [4.78, 5) is 25.8. The molecule has 7 fully saturated rings. The Kier molecular flexibility index (Phi) is 4.52. The summed E-state index contributed by atoms with van der Waals surface area (Å²) in [5, 5.41) is 6.96. The molecule has 0 aromatic carbocycles. The minimum atomic E-state index is 0.0822. The van der Waals surface area contributed by atoms with Gasteiger partial charge in [-0.3, -0.25) is 9.59 Å². The second-order valence-corrected chi connectivity index (χ2v) is 13.9. The third kappa shape index (κ3) is 2.94. The maximum atomic E-state index is 13.8. The molecule has 1 aliphatic heterocycles. The van der Waals surface area contributed by atoms with Crippen molar-refractivity contribution in [1.82, 2.24) is 10.6 Å². The van der Waals surface area contributed by atoms with Crippen molar-refractivity contribution in [2.24, 2.45) is 58.2 Å². The number of fused-ring (bicyclic) bond motifs is 5. The summed E-state index contributed by atoms with van der Waals surface area (Å²) in [7, 11) is 0. The molecule has 4 bridgehead atoms. The van der Waals surface area contributed by atoms with Crippen molar-refractivity contribution >= 4 is 11.8 Å². The SMILES string of the molecule is C[C@]12CCC3C(CC[C@H]4NC(=O)C=C[C@]34C)C1CCC2C(=O)NC1C2CC3CC(C2)CC1C3. The van der Waals surface area contributed by atoms with Crippen LogP contribution in [0.3, 0.4) is 0 Å². The lowest BCUT2D eigenvalue weighted by Crippen LogP contribution is -2.60. The minimum Gasteiger partial charge on any atom is -0.353 e. The molecule has 0 radical (unpaired) electrons. The van der Waals surface area contributed by atoms with Crippen LogP contribution in [0.15, 0.2) is 12.2 Å². The maximum absolute atomic E-state index is 13.8. The number of carbonyl (C=O) groups excluding carboxylic acids is 2. The lowest BCUT2D eigenvalue weighted by molar-refractivity contribution is -0.137. The van der Waals surface area contributed by atoms with Gasteiger partial charge in [-0.2, -0.15) is 0 Å². The van der Waals surface area contributed by atoms with Crippen LogP contribution in [-0.2, 0) is 9.59 Å². The lowest BCUT2D eigenvalue weighted by Gasteiger charge is -2.59. The van der Waals surface area contributed by atoms with Gasteiger partial charge in [-0.25, -0.2) is 0 Å². The van der Waals surface area contributed by atoms with E-state index in [1.165, 1.54) is 57.8 Å². The molecule has 33 heavy (non-hydrogen) atoms. The maximum Gasteiger partial charge on any atom is 0.243 e. The fourth-order valence-corrected chi connectivity index (χ4v) is 11.2. The van der Waals surface area contributed by atoms with Crippen LogP contribution in [0.5, 0.6) is 0 Å². The molecule has 2 N–H and O–H groups in total. The Labute approximate surface area is 199 Å². The first-order valence-electron chi connectivity index (χ1n) is 14.2. The molecule has 4 nitrogen and oxygen atoms in total. The largest absolute Gasteiger partial charge is 0.353 e. The summed E-state index contributed by atoms with van der Waals surface area (Å²) < 4.78 is 0. The molecule has 0 spiro atoms. The third-order valence-electron chi connectivity index (χ3n) is 12.5. The van der Waals surface area contributed by atoms with Crippen LogP contribution in [0.4, 0.5) is 0 Å². The number of carbonyl (C=O) groups is 2. The molecule has 2 amide bonds. The third-order valence-corrected chi connectivity index (χ3v) is 12.5. The summed E-state index contributed by atoms with van der Waals surface area (Å²) in [6.45, 7) is 4.85. The molecular formula is C29H42N2O2. The van der Waals surface area contributed by atoms with Gasteiger partial charge in [0.2, 0.25) is 11.8 Å². The highest BCUT2D eigenvalue weighted by Crippen LogP contribution is 2.65. The molecule has 0 aromatic heterocycles. The zero-order valence-corrected chi connectivity index (χ0v) is 20.5. The summed E-state index contributed by atoms with van der Waals surface area (Å²) >= 11 is 0. The molecule has 8 aliphatic rings. The molecule has 0 aromatic rings. The van der Waals surface area contributed by atoms with E-state index in [-0.39, 0.29) is 28.7 Å². The molecule has 7 aliphatic carbocycles. The Balaban J connectivity index is 1.09. The standard InChI is InChI=1S/C29H42N2O2/c1-28-9-7-22-20(3-6-24-29(22,2)10-8-25(32)30-24)21(28)4-5-23(28)27(33)31-26-18-12-16-11-17(14-18)15-19(26)13-16/h8,10,16-24,26H,3-7,9,11-15H2,1-2H3,(H,30,32)(H,31,33)/t16?,17?,18?,19?,20?,21?,22?,23?,24-,26?,28+,29-/m1/s1. The van der Waals surface area contributed by atoms with Gasteiger partial charge in [0.1, 0.15) is 0 Å². The number of hydrogen-bond acceptors (Lipinski definition) is 2. The Bertz CT molecular complexity index is 868. The van der Waals surface area contributed by atoms with Crippen molar-refractivity contribution in [1.29, 1.82) is 0 Å². The van der Waals surface area contributed by atoms with Crippen LogP contribution in [0.2, 0.25) is 0 Å². The monoisotopic (exact) mass is 450 g/mol. The average molecular weight is 451 g/mol. The molecule has 180 valence electrons. The predicted molar refractivity (Wildman–Crippen MR) is 128 cm³/mol. The smallest absolute Gasteiger partial charge is 0.243 e. The van der Waals surface area contributed by atoms with E-state index in [1.807, 2.05) is 0 Å². The molecule has 8 rings (SSSR count). The average Bonchev–Trinajstić information content (AvgIpc) is 3.13. The van der Waals surface area contributed by atoms with Gasteiger partial charge < -0.3 is 10.6 Å². The van der Waals surface area contributed by atoms with E-state index in [2.05, 4.69) is 30.6 Å². The fourth-order valence-electron chi connectivity index (χ4n) is 11.2. The van der Waals surface area contributed by atoms with Crippen molar-refractivity contribution in [3.05, 3.63) is 12.2 Å². The fraction of sp³-hybridized carbons (Fsp3) is 0.862. The summed E-state index contributed by atoms with van der Waals surface area (Å²) in [6, 6.07) is 0.757. The van der Waals surface area contributed by atoms with Crippen LogP contribution < -0.4 is 10.6 Å². The van der Waals surface area contributed by atoms with E-state index in [0.717, 1.165) is 36.5 Å². The number of amides is 2. The molecule has 4 heteroatoms. The second kappa shape index (κ2) is 7.10. The second-order valence-electron chi connectivity index (χ2n) is 13.9. The van der Waals surface area contributed by atoms with Crippen LogP contribution in [0.25, 0.3) is 0 Å². The van der Waals surface area contributed by atoms with Crippen LogP contribution in [0, 0.1) is 58.2 Å². The lowest BCUT2D eigenvalue weighted by atomic mass is 9.48. The van der Waals surface area contributed by atoms with E-state index >= 15 is 0 Å². The van der Waals surface area contributed by atoms with Gasteiger partial charge >= 0.3 is 0 Å². The molecule has 1 heterocycles. The van der Waals surface area contributed by atoms with E-state index in [4.69, 9.17) is 0 Å². The predicted octanol–water partition coefficient (Wildman–Crippen LogP) is 4.84. The molecular weight excluding hydrogens is 408 g/mol. The van der Waals surface area contributed by atoms with Gasteiger partial charge in [0.25, 0.3) is 0 Å². The Hall–Kier alpha value is -1.32. The topological polar surface area (TPSA) is 58.2 Å². The van der Waals surface area contributed by atoms with Crippen molar-refractivity contribution in [2.75, 3.05) is 0 Å². The highest BCUT2D eigenvalue weighted by molar-refractivity contribution is 5.89. The molecule has 7 saturated carbocycles. The van der Waals surface area contributed by atoms with E-state index in [9.17, 15) is 9.59 Å². The Morgan fingerprint density at radius 1 is 0.939 bits per heavy atom. The van der Waals surface area contributed by atoms with Crippen LogP contribution in [0.1, 0.15) is 84.5 Å². The number of nitrogens with one attached hydrogen (secondary N) is 2. The minimum absolute atomic E-state index is 0.0822. The molecule has 0 saturated heterocycles. The van der Waals surface area contributed by atoms with Gasteiger partial charge in [-0.1, -0.05) is 19.9 Å². The Morgan fingerprint density at radius 2 is 1.67 bits per heavy atom. The first-order valence-corrected chi connectivity index (χ1v) is 14.2. The van der Waals surface area contributed by atoms with Gasteiger partial charge in [0.15, 0.2) is 0 Å². The first kappa shape index (κ1) is 21.0. The molecule has 7 atom stereocenters. The van der Waals surface area contributed by atoms with Crippen molar-refractivity contribution in [2.45, 2.75) is 96.6 Å². The number of hydrogen-bond donors (Lipinski definition) is 2. The van der Waals surface area contributed by atoms with E-state index in [0.29, 0.717) is 29.7 Å². The van der Waals surface area contributed by atoms with Crippen molar-refractivity contribution in [3.63, 3.8) is 0 Å². The highest BCUT2D eigenvalue weighted by Gasteiger charge is 2.61. The highest BCUT2D eigenvalue weighted by atomic mass is 16.2. The molecule has 4 unspecified atom stereocenters. The van der Waals surface area contributed by atoms with E-state index < -0.39 is 0 Å². The normalized spacial score (nSPS) is 56.0. The van der Waals surface area contributed by atoms with Gasteiger partial charge in [0, 0.05) is 23.4 Å². The summed E-state index contributed by atoms with van der Waals surface area (Å²) in [5.41, 5.74) is 0.237. The number of rotatable bonds is 2. The summed E-state index contributed by atoms with van der Waals surface area (Å²) in [5.74, 6) is 6.12.